The van der Waals surface area contributed by atoms with Gasteiger partial charge in [0.05, 0.1) is 6.04 Å². The molecule has 2 saturated heterocycles. The lowest BCUT2D eigenvalue weighted by molar-refractivity contribution is 0.139. The minimum Gasteiger partial charge on any atom is -0.447 e. The number of amides is 1. The maximum absolute atomic E-state index is 12.0. The van der Waals surface area contributed by atoms with Crippen molar-refractivity contribution in [2.45, 2.75) is 51.5 Å². The van der Waals surface area contributed by atoms with Crippen LogP contribution in [0.2, 0.25) is 0 Å². The fourth-order valence-electron chi connectivity index (χ4n) is 3.20. The molecule has 21 heavy (non-hydrogen) atoms. The van der Waals surface area contributed by atoms with Crippen molar-refractivity contribution >= 4 is 6.09 Å². The Morgan fingerprint density at radius 3 is 2.81 bits per heavy atom. The van der Waals surface area contributed by atoms with E-state index in [2.05, 4.69) is 26.0 Å². The van der Waals surface area contributed by atoms with Crippen molar-refractivity contribution in [3.05, 3.63) is 35.9 Å². The van der Waals surface area contributed by atoms with E-state index in [0.29, 0.717) is 12.5 Å². The van der Waals surface area contributed by atoms with Crippen LogP contribution in [0.15, 0.2) is 30.3 Å². The summed E-state index contributed by atoms with van der Waals surface area (Å²) in [5.41, 5.74) is 1.23. The first kappa shape index (κ1) is 14.4. The van der Waals surface area contributed by atoms with Crippen LogP contribution in [0.5, 0.6) is 0 Å². The number of benzene rings is 1. The lowest BCUT2D eigenvalue weighted by Crippen LogP contribution is -2.39. The van der Waals surface area contributed by atoms with E-state index in [0.717, 1.165) is 19.3 Å². The van der Waals surface area contributed by atoms with Crippen LogP contribution in [-0.4, -0.2) is 36.0 Å². The summed E-state index contributed by atoms with van der Waals surface area (Å²) in [4.78, 5) is 13.8. The third kappa shape index (κ3) is 3.05. The molecule has 2 fully saturated rings. The van der Waals surface area contributed by atoms with E-state index in [1.54, 1.807) is 0 Å². The van der Waals surface area contributed by atoms with Crippen molar-refractivity contribution < 1.29 is 14.3 Å². The molecule has 1 amide bonds. The molecule has 2 unspecified atom stereocenters. The summed E-state index contributed by atoms with van der Waals surface area (Å²) in [6.07, 6.45) is 2.96. The topological polar surface area (TPSA) is 42.1 Å². The molecule has 0 radical (unpaired) electrons. The van der Waals surface area contributed by atoms with Gasteiger partial charge < -0.3 is 9.47 Å². The first-order valence-corrected chi connectivity index (χ1v) is 7.85. The Balaban J connectivity index is 1.64. The average molecular weight is 289 g/mol. The quantitative estimate of drug-likeness (QED) is 0.755. The van der Waals surface area contributed by atoms with Crippen LogP contribution >= 0.6 is 0 Å². The molecule has 0 aromatic heterocycles. The highest BCUT2D eigenvalue weighted by Crippen LogP contribution is 2.38. The average Bonchev–Trinajstić information content (AvgIpc) is 3.19. The molecule has 114 valence electrons. The molecule has 1 aromatic rings. The second-order valence-electron chi connectivity index (χ2n) is 6.08. The molecule has 0 saturated carbocycles. The van der Waals surface area contributed by atoms with Crippen LogP contribution in [0.3, 0.4) is 0 Å². The van der Waals surface area contributed by atoms with E-state index >= 15 is 0 Å². The number of cyclic esters (lactones) is 1. The molecule has 4 nitrogen and oxygen atoms in total. The van der Waals surface area contributed by atoms with Crippen LogP contribution in [0, 0.1) is 5.92 Å². The molecule has 2 heterocycles. The SMILES string of the molecule is CCC[C@H](C)C1OC1N1C(=O)OC[C@@H]1Cc1ccccc1. The van der Waals surface area contributed by atoms with Gasteiger partial charge in [0.2, 0.25) is 0 Å². The summed E-state index contributed by atoms with van der Waals surface area (Å²) in [5, 5.41) is 0. The Labute approximate surface area is 126 Å². The fourth-order valence-corrected chi connectivity index (χ4v) is 3.20. The number of carbonyl (C=O) groups excluding carboxylic acids is 1. The fraction of sp³-hybridized carbons (Fsp3) is 0.588. The Hall–Kier alpha value is -1.55. The van der Waals surface area contributed by atoms with Crippen molar-refractivity contribution in [1.82, 2.24) is 4.90 Å². The number of epoxide rings is 1. The highest BCUT2D eigenvalue weighted by Gasteiger charge is 2.53. The molecule has 4 heteroatoms. The van der Waals surface area contributed by atoms with Gasteiger partial charge in [0.25, 0.3) is 0 Å². The molecule has 0 N–H and O–H groups in total. The Kier molecular flexibility index (Phi) is 4.15. The monoisotopic (exact) mass is 289 g/mol. The summed E-state index contributed by atoms with van der Waals surface area (Å²) >= 11 is 0. The zero-order valence-corrected chi connectivity index (χ0v) is 12.7. The van der Waals surface area contributed by atoms with E-state index in [4.69, 9.17) is 9.47 Å². The van der Waals surface area contributed by atoms with Crippen LogP contribution in [0.4, 0.5) is 4.79 Å². The molecule has 2 aliphatic rings. The number of hydrogen-bond acceptors (Lipinski definition) is 3. The van der Waals surface area contributed by atoms with Crippen molar-refractivity contribution in [2.75, 3.05) is 6.61 Å². The lowest BCUT2D eigenvalue weighted by Gasteiger charge is -2.20. The van der Waals surface area contributed by atoms with Gasteiger partial charge >= 0.3 is 6.09 Å². The third-order valence-corrected chi connectivity index (χ3v) is 4.40. The first-order chi connectivity index (χ1) is 10.2. The Morgan fingerprint density at radius 2 is 2.10 bits per heavy atom. The van der Waals surface area contributed by atoms with Gasteiger partial charge in [-0.05, 0) is 24.3 Å². The first-order valence-electron chi connectivity index (χ1n) is 7.85. The van der Waals surface area contributed by atoms with Crippen LogP contribution in [0.25, 0.3) is 0 Å². The largest absolute Gasteiger partial charge is 0.447 e. The second kappa shape index (κ2) is 6.06. The summed E-state index contributed by atoms with van der Waals surface area (Å²) in [6.45, 7) is 4.83. The number of carbonyl (C=O) groups is 1. The lowest BCUT2D eigenvalue weighted by atomic mass is 10.0. The van der Waals surface area contributed by atoms with Gasteiger partial charge in [-0.1, -0.05) is 50.6 Å². The van der Waals surface area contributed by atoms with Crippen LogP contribution in [-0.2, 0) is 15.9 Å². The van der Waals surface area contributed by atoms with Gasteiger partial charge in [0.1, 0.15) is 12.7 Å². The number of nitrogens with zero attached hydrogens (tertiary/aromatic N) is 1. The van der Waals surface area contributed by atoms with Crippen molar-refractivity contribution in [2.24, 2.45) is 5.92 Å². The molecule has 0 bridgehead atoms. The van der Waals surface area contributed by atoms with E-state index < -0.39 is 0 Å². The van der Waals surface area contributed by atoms with Crippen molar-refractivity contribution in [1.29, 1.82) is 0 Å². The van der Waals surface area contributed by atoms with Gasteiger partial charge in [-0.25, -0.2) is 4.79 Å². The highest BCUT2D eigenvalue weighted by atomic mass is 16.6. The molecule has 3 rings (SSSR count). The molecule has 4 atom stereocenters. The van der Waals surface area contributed by atoms with Crippen molar-refractivity contribution in [3.63, 3.8) is 0 Å². The minimum absolute atomic E-state index is 0.0868. The summed E-state index contributed by atoms with van der Waals surface area (Å²) < 4.78 is 11.0. The number of rotatable bonds is 6. The van der Waals surface area contributed by atoms with Gasteiger partial charge in [-0.2, -0.15) is 0 Å². The summed E-state index contributed by atoms with van der Waals surface area (Å²) in [5.74, 6) is 0.491. The maximum atomic E-state index is 12.0. The molecule has 2 aliphatic heterocycles. The molecule has 0 spiro atoms. The second-order valence-corrected chi connectivity index (χ2v) is 6.08. The van der Waals surface area contributed by atoms with E-state index in [1.807, 2.05) is 23.1 Å². The van der Waals surface area contributed by atoms with Gasteiger partial charge in [0, 0.05) is 0 Å². The van der Waals surface area contributed by atoms with Crippen molar-refractivity contribution in [3.8, 4) is 0 Å². The summed E-state index contributed by atoms with van der Waals surface area (Å²) in [6, 6.07) is 10.3. The Bertz CT molecular complexity index is 490. The van der Waals surface area contributed by atoms with Gasteiger partial charge in [0.15, 0.2) is 6.23 Å². The van der Waals surface area contributed by atoms with Crippen LogP contribution < -0.4 is 0 Å². The smallest absolute Gasteiger partial charge is 0.412 e. The van der Waals surface area contributed by atoms with Crippen LogP contribution in [0.1, 0.15) is 32.3 Å². The van der Waals surface area contributed by atoms with E-state index in [-0.39, 0.29) is 24.5 Å². The minimum atomic E-state index is -0.230. The Morgan fingerprint density at radius 1 is 1.33 bits per heavy atom. The predicted octanol–water partition coefficient (Wildman–Crippen LogP) is 3.21. The zero-order valence-electron chi connectivity index (χ0n) is 12.7. The molecule has 0 aliphatic carbocycles. The van der Waals surface area contributed by atoms with E-state index in [9.17, 15) is 4.79 Å². The zero-order chi connectivity index (χ0) is 14.8. The third-order valence-electron chi connectivity index (χ3n) is 4.40. The highest BCUT2D eigenvalue weighted by molar-refractivity contribution is 5.71. The molecular weight excluding hydrogens is 266 g/mol. The summed E-state index contributed by atoms with van der Waals surface area (Å²) in [7, 11) is 0. The standard InChI is InChI=1S/C17H23NO3/c1-3-7-12(2)15-16(21-15)18-14(11-20-17(18)19)10-13-8-5-4-6-9-13/h4-6,8-9,12,14-16H,3,7,10-11H2,1-2H3/t12-,14-,15?,16?/m0/s1. The van der Waals surface area contributed by atoms with E-state index in [1.165, 1.54) is 5.56 Å². The molecule has 1 aromatic carbocycles. The number of hydrogen-bond donors (Lipinski definition) is 0. The predicted molar refractivity (Wildman–Crippen MR) is 79.9 cm³/mol. The maximum Gasteiger partial charge on any atom is 0.412 e. The molecular formula is C17H23NO3. The number of ether oxygens (including phenoxy) is 2. The van der Waals surface area contributed by atoms with Gasteiger partial charge in [-0.15, -0.1) is 0 Å². The normalized spacial score (nSPS) is 29.3. The van der Waals surface area contributed by atoms with Gasteiger partial charge in [-0.3, -0.25) is 4.90 Å².